The number of carbonyl (C=O) groups is 3. The molecule has 0 fully saturated rings. The van der Waals surface area contributed by atoms with Crippen molar-refractivity contribution >= 4 is 17.9 Å². The predicted octanol–water partition coefficient (Wildman–Crippen LogP) is 3.01. The summed E-state index contributed by atoms with van der Waals surface area (Å²) < 4.78 is 34.3. The summed E-state index contributed by atoms with van der Waals surface area (Å²) in [6.07, 6.45) is 4.10. The van der Waals surface area contributed by atoms with Crippen LogP contribution in [0.5, 0.6) is 5.75 Å². The van der Waals surface area contributed by atoms with Gasteiger partial charge in [0.05, 0.1) is 26.3 Å². The van der Waals surface area contributed by atoms with Crippen molar-refractivity contribution in [3.63, 3.8) is 0 Å². The van der Waals surface area contributed by atoms with E-state index in [1.54, 1.807) is 25.7 Å². The average Bonchev–Trinajstić information content (AvgIpc) is 3.39. The molecule has 0 saturated heterocycles. The van der Waals surface area contributed by atoms with E-state index in [9.17, 15) is 23.2 Å². The Morgan fingerprint density at radius 3 is 2.23 bits per heavy atom. The average molecular weight is 564 g/mol. The maximum Gasteiger partial charge on any atom is 0.336 e. The number of imidazole rings is 1. The molecule has 0 radical (unpaired) electrons. The molecule has 216 valence electrons. The second-order valence-electron chi connectivity index (χ2n) is 8.90. The van der Waals surface area contributed by atoms with Gasteiger partial charge in [-0.3, -0.25) is 14.5 Å². The molecular formula is C27H31F2N3O8. The first kappa shape index (κ1) is 31.9. The lowest BCUT2D eigenvalue weighted by Gasteiger charge is -2.24. The van der Waals surface area contributed by atoms with Gasteiger partial charge in [-0.05, 0) is 30.2 Å². The Hall–Kier alpha value is -4.36. The lowest BCUT2D eigenvalue weighted by atomic mass is 9.96. The summed E-state index contributed by atoms with van der Waals surface area (Å²) in [6.45, 7) is 2.83. The fourth-order valence-corrected chi connectivity index (χ4v) is 3.79. The molecule has 0 aliphatic heterocycles. The van der Waals surface area contributed by atoms with Gasteiger partial charge in [0.1, 0.15) is 5.75 Å². The first-order chi connectivity index (χ1) is 18.9. The van der Waals surface area contributed by atoms with Crippen LogP contribution in [0.3, 0.4) is 0 Å². The van der Waals surface area contributed by atoms with Crippen molar-refractivity contribution in [1.82, 2.24) is 14.5 Å². The van der Waals surface area contributed by atoms with Gasteiger partial charge in [-0.15, -0.1) is 0 Å². The van der Waals surface area contributed by atoms with E-state index >= 15 is 0 Å². The topological polar surface area (TPSA) is 162 Å². The van der Waals surface area contributed by atoms with Crippen LogP contribution in [0, 0.1) is 11.6 Å². The molecule has 1 aromatic heterocycles. The molecule has 40 heavy (non-hydrogen) atoms. The number of halogens is 2. The summed E-state index contributed by atoms with van der Waals surface area (Å²) in [5.74, 6) is -5.84. The van der Waals surface area contributed by atoms with E-state index in [0.29, 0.717) is 13.1 Å². The van der Waals surface area contributed by atoms with Crippen LogP contribution in [0.1, 0.15) is 30.4 Å². The van der Waals surface area contributed by atoms with Gasteiger partial charge in [0.2, 0.25) is 0 Å². The minimum Gasteiger partial charge on any atom is -0.496 e. The van der Waals surface area contributed by atoms with E-state index in [-0.39, 0.29) is 0 Å². The number of aliphatic hydroxyl groups is 1. The molecule has 0 aliphatic carbocycles. The summed E-state index contributed by atoms with van der Waals surface area (Å²) in [6, 6.07) is 11.9. The molecule has 4 N–H and O–H groups in total. The molecule has 13 heteroatoms. The van der Waals surface area contributed by atoms with Gasteiger partial charge in [0.15, 0.2) is 17.2 Å². The quantitative estimate of drug-likeness (QED) is 0.229. The van der Waals surface area contributed by atoms with Gasteiger partial charge in [0, 0.05) is 44.1 Å². The van der Waals surface area contributed by atoms with Gasteiger partial charge in [-0.2, -0.15) is 0 Å². The van der Waals surface area contributed by atoms with Crippen LogP contribution >= 0.6 is 0 Å². The summed E-state index contributed by atoms with van der Waals surface area (Å²) >= 11 is 0. The van der Waals surface area contributed by atoms with E-state index in [1.165, 1.54) is 12.1 Å². The largest absolute Gasteiger partial charge is 0.496 e. The molecule has 0 saturated carbocycles. The third-order valence-corrected chi connectivity index (χ3v) is 5.71. The molecular weight excluding hydrogens is 532 g/mol. The van der Waals surface area contributed by atoms with Gasteiger partial charge in [-0.1, -0.05) is 24.3 Å². The SMILES string of the molecule is COc1ccccc1CN(CCCn1ccnc1)Cc1ccc(F)c(F)c1.O=C(O)CC(O)(CC(=O)O)C(=O)O. The number of carboxylic acid groups (broad SMARTS) is 3. The smallest absolute Gasteiger partial charge is 0.336 e. The summed E-state index contributed by atoms with van der Waals surface area (Å²) in [5, 5.41) is 33.8. The Labute approximate surface area is 228 Å². The number of aromatic nitrogens is 2. The highest BCUT2D eigenvalue weighted by molar-refractivity contribution is 5.88. The number of nitrogens with zero attached hydrogens (tertiary/aromatic N) is 3. The number of ether oxygens (including phenoxy) is 1. The Morgan fingerprint density at radius 1 is 1.00 bits per heavy atom. The molecule has 0 spiro atoms. The molecule has 0 atom stereocenters. The number of hydrogen-bond acceptors (Lipinski definition) is 7. The van der Waals surface area contributed by atoms with Crippen LogP contribution in [-0.2, 0) is 34.0 Å². The first-order valence-corrected chi connectivity index (χ1v) is 12.1. The molecule has 0 aliphatic rings. The molecule has 0 bridgehead atoms. The summed E-state index contributed by atoms with van der Waals surface area (Å²) in [5.41, 5.74) is -0.936. The summed E-state index contributed by atoms with van der Waals surface area (Å²) in [4.78, 5) is 36.7. The van der Waals surface area contributed by atoms with E-state index < -0.39 is 48.0 Å². The Morgan fingerprint density at radius 2 is 1.68 bits per heavy atom. The second-order valence-corrected chi connectivity index (χ2v) is 8.90. The maximum absolute atomic E-state index is 13.6. The second kappa shape index (κ2) is 15.3. The third-order valence-electron chi connectivity index (χ3n) is 5.71. The highest BCUT2D eigenvalue weighted by Crippen LogP contribution is 2.21. The fourth-order valence-electron chi connectivity index (χ4n) is 3.79. The van der Waals surface area contributed by atoms with Crippen molar-refractivity contribution in [2.24, 2.45) is 0 Å². The van der Waals surface area contributed by atoms with E-state index in [2.05, 4.69) is 9.88 Å². The number of carboxylic acids is 3. The monoisotopic (exact) mass is 563 g/mol. The van der Waals surface area contributed by atoms with E-state index in [4.69, 9.17) is 25.2 Å². The Bertz CT molecular complexity index is 1250. The van der Waals surface area contributed by atoms with Crippen molar-refractivity contribution in [3.8, 4) is 5.75 Å². The lowest BCUT2D eigenvalue weighted by molar-refractivity contribution is -0.170. The molecule has 3 aromatic rings. The lowest BCUT2D eigenvalue weighted by Crippen LogP contribution is -2.42. The number of benzene rings is 2. The molecule has 3 rings (SSSR count). The van der Waals surface area contributed by atoms with E-state index in [0.717, 1.165) is 36.4 Å². The maximum atomic E-state index is 13.6. The zero-order valence-corrected chi connectivity index (χ0v) is 21.7. The number of hydrogen-bond donors (Lipinski definition) is 4. The first-order valence-electron chi connectivity index (χ1n) is 12.1. The number of aryl methyl sites for hydroxylation is 1. The van der Waals surface area contributed by atoms with Gasteiger partial charge < -0.3 is 29.7 Å². The molecule has 0 unspecified atom stereocenters. The van der Waals surface area contributed by atoms with Crippen molar-refractivity contribution in [2.75, 3.05) is 13.7 Å². The third kappa shape index (κ3) is 10.4. The van der Waals surface area contributed by atoms with Crippen molar-refractivity contribution in [1.29, 1.82) is 0 Å². The number of para-hydroxylation sites is 1. The van der Waals surface area contributed by atoms with Crippen LogP contribution in [0.25, 0.3) is 0 Å². The van der Waals surface area contributed by atoms with Gasteiger partial charge in [-0.25, -0.2) is 18.6 Å². The number of aliphatic carboxylic acids is 3. The minimum atomic E-state index is -2.74. The standard InChI is InChI=1S/C21H23F2N3O.C6H8O7/c1-27-21-6-3-2-5-18(21)15-26(11-4-10-25-12-9-24-16-25)14-17-7-8-19(22)20(23)13-17;7-3(8)1-6(13,5(11)12)2-4(9)10/h2-3,5-9,12-13,16H,4,10-11,14-15H2,1H3;13H,1-2H2,(H,7,8)(H,9,10)(H,11,12). The Balaban J connectivity index is 0.000000366. The zero-order chi connectivity index (χ0) is 29.7. The van der Waals surface area contributed by atoms with Crippen LogP contribution in [0.4, 0.5) is 8.78 Å². The fraction of sp³-hybridized carbons (Fsp3) is 0.333. The van der Waals surface area contributed by atoms with Crippen molar-refractivity contribution in [2.45, 2.75) is 44.5 Å². The normalized spacial score (nSPS) is 11.0. The summed E-state index contributed by atoms with van der Waals surface area (Å²) in [7, 11) is 1.65. The van der Waals surface area contributed by atoms with Gasteiger partial charge >= 0.3 is 17.9 Å². The highest BCUT2D eigenvalue weighted by atomic mass is 19.2. The van der Waals surface area contributed by atoms with E-state index in [1.807, 2.05) is 35.0 Å². The van der Waals surface area contributed by atoms with Crippen LogP contribution in [0.15, 0.2) is 61.2 Å². The molecule has 2 aromatic carbocycles. The number of rotatable bonds is 14. The van der Waals surface area contributed by atoms with Gasteiger partial charge in [0.25, 0.3) is 0 Å². The highest BCUT2D eigenvalue weighted by Gasteiger charge is 2.40. The number of methoxy groups -OCH3 is 1. The van der Waals surface area contributed by atoms with Crippen molar-refractivity contribution in [3.05, 3.63) is 83.9 Å². The Kier molecular flexibility index (Phi) is 12.2. The molecule has 11 nitrogen and oxygen atoms in total. The van der Waals surface area contributed by atoms with Crippen molar-refractivity contribution < 1.29 is 48.3 Å². The van der Waals surface area contributed by atoms with Crippen LogP contribution in [-0.4, -0.2) is 72.0 Å². The molecule has 0 amide bonds. The predicted molar refractivity (Wildman–Crippen MR) is 137 cm³/mol. The minimum absolute atomic E-state index is 0.527. The molecule has 1 heterocycles. The van der Waals surface area contributed by atoms with Crippen LogP contribution in [0.2, 0.25) is 0 Å². The van der Waals surface area contributed by atoms with Crippen LogP contribution < -0.4 is 4.74 Å². The zero-order valence-electron chi connectivity index (χ0n) is 21.7.